The molecule has 6 heteroatoms. The van der Waals surface area contributed by atoms with E-state index < -0.39 is 0 Å². The Bertz CT molecular complexity index is 697. The molecule has 1 fully saturated rings. The van der Waals surface area contributed by atoms with Crippen LogP contribution in [0.5, 0.6) is 0 Å². The first-order chi connectivity index (χ1) is 12.7. The molecule has 5 nitrogen and oxygen atoms in total. The summed E-state index contributed by atoms with van der Waals surface area (Å²) < 4.78 is 0. The number of nitrogens with one attached hydrogen (secondary N) is 1. The molecule has 0 amide bonds. The summed E-state index contributed by atoms with van der Waals surface area (Å²) in [6.45, 7) is 3.78. The minimum absolute atomic E-state index is 0.0692. The van der Waals surface area contributed by atoms with Gasteiger partial charge in [-0.25, -0.2) is 4.98 Å². The SMILES string of the molecule is CC1CCCCN1c1cnc(C(Cc2ccccc2)NCCO)c(Cl)n1. The Kier molecular flexibility index (Phi) is 6.83. The van der Waals surface area contributed by atoms with Crippen molar-refractivity contribution < 1.29 is 5.11 Å². The van der Waals surface area contributed by atoms with E-state index in [2.05, 4.69) is 39.2 Å². The van der Waals surface area contributed by atoms with Gasteiger partial charge < -0.3 is 15.3 Å². The molecule has 2 heterocycles. The first kappa shape index (κ1) is 19.1. The number of hydrogen-bond donors (Lipinski definition) is 2. The van der Waals surface area contributed by atoms with Gasteiger partial charge >= 0.3 is 0 Å². The van der Waals surface area contributed by atoms with Gasteiger partial charge in [-0.1, -0.05) is 41.9 Å². The lowest BCUT2D eigenvalue weighted by molar-refractivity contribution is 0.283. The summed E-state index contributed by atoms with van der Waals surface area (Å²) in [6.07, 6.45) is 6.20. The monoisotopic (exact) mass is 374 g/mol. The highest BCUT2D eigenvalue weighted by Crippen LogP contribution is 2.27. The average Bonchev–Trinajstić information content (AvgIpc) is 2.66. The second-order valence-electron chi connectivity index (χ2n) is 6.86. The molecule has 0 aliphatic carbocycles. The normalized spacial score (nSPS) is 18.7. The molecular weight excluding hydrogens is 348 g/mol. The fraction of sp³-hybridized carbons (Fsp3) is 0.500. The van der Waals surface area contributed by atoms with Gasteiger partial charge in [0.15, 0.2) is 5.15 Å². The molecule has 0 saturated carbocycles. The van der Waals surface area contributed by atoms with Gasteiger partial charge in [0.05, 0.1) is 24.5 Å². The molecule has 1 aliphatic heterocycles. The van der Waals surface area contributed by atoms with Gasteiger partial charge in [0.25, 0.3) is 0 Å². The van der Waals surface area contributed by atoms with E-state index in [9.17, 15) is 5.11 Å². The van der Waals surface area contributed by atoms with Crippen molar-refractivity contribution in [3.63, 3.8) is 0 Å². The van der Waals surface area contributed by atoms with Gasteiger partial charge in [-0.2, -0.15) is 0 Å². The molecule has 2 unspecified atom stereocenters. The van der Waals surface area contributed by atoms with Crippen LogP contribution in [-0.4, -0.2) is 40.8 Å². The van der Waals surface area contributed by atoms with E-state index >= 15 is 0 Å². The molecule has 0 radical (unpaired) electrons. The largest absolute Gasteiger partial charge is 0.395 e. The summed E-state index contributed by atoms with van der Waals surface area (Å²) in [6, 6.07) is 10.6. The number of piperidine rings is 1. The van der Waals surface area contributed by atoms with Crippen LogP contribution in [0.1, 0.15) is 43.5 Å². The number of benzene rings is 1. The molecule has 3 rings (SSSR count). The molecule has 26 heavy (non-hydrogen) atoms. The first-order valence-corrected chi connectivity index (χ1v) is 9.74. The van der Waals surface area contributed by atoms with Gasteiger partial charge in [-0.05, 0) is 38.2 Å². The van der Waals surface area contributed by atoms with Gasteiger partial charge in [-0.3, -0.25) is 4.98 Å². The molecule has 2 aromatic rings. The maximum absolute atomic E-state index is 9.20. The third kappa shape index (κ3) is 4.72. The highest BCUT2D eigenvalue weighted by molar-refractivity contribution is 6.30. The van der Waals surface area contributed by atoms with Crippen molar-refractivity contribution in [1.29, 1.82) is 0 Å². The summed E-state index contributed by atoms with van der Waals surface area (Å²) in [5.74, 6) is 0.853. The van der Waals surface area contributed by atoms with Gasteiger partial charge in [0, 0.05) is 19.1 Å². The fourth-order valence-electron chi connectivity index (χ4n) is 3.53. The van der Waals surface area contributed by atoms with Crippen LogP contribution in [0, 0.1) is 0 Å². The lowest BCUT2D eigenvalue weighted by atomic mass is 10.0. The topological polar surface area (TPSA) is 61.3 Å². The van der Waals surface area contributed by atoms with Crippen molar-refractivity contribution in [2.45, 2.75) is 44.7 Å². The zero-order chi connectivity index (χ0) is 18.4. The maximum atomic E-state index is 9.20. The summed E-state index contributed by atoms with van der Waals surface area (Å²) in [7, 11) is 0. The number of anilines is 1. The first-order valence-electron chi connectivity index (χ1n) is 9.36. The smallest absolute Gasteiger partial charge is 0.154 e. The molecule has 1 aromatic heterocycles. The summed E-state index contributed by atoms with van der Waals surface area (Å²) in [4.78, 5) is 11.6. The van der Waals surface area contributed by atoms with Crippen LogP contribution in [0.3, 0.4) is 0 Å². The summed E-state index contributed by atoms with van der Waals surface area (Å²) in [5.41, 5.74) is 1.92. The van der Waals surface area contributed by atoms with E-state index in [1.807, 2.05) is 24.4 Å². The molecule has 1 aromatic carbocycles. The lowest BCUT2D eigenvalue weighted by Crippen LogP contribution is -2.38. The van der Waals surface area contributed by atoms with Gasteiger partial charge in [0.1, 0.15) is 5.82 Å². The minimum Gasteiger partial charge on any atom is -0.395 e. The zero-order valence-electron chi connectivity index (χ0n) is 15.2. The fourth-order valence-corrected chi connectivity index (χ4v) is 3.80. The standard InChI is InChI=1S/C20H27ClN4O/c1-15-7-5-6-11-25(15)18-14-23-19(20(21)24-18)17(22-10-12-26)13-16-8-3-2-4-9-16/h2-4,8-9,14-15,17,22,26H,5-7,10-13H2,1H3. The third-order valence-electron chi connectivity index (χ3n) is 4.96. The predicted molar refractivity (Wildman–Crippen MR) is 106 cm³/mol. The lowest BCUT2D eigenvalue weighted by Gasteiger charge is -2.34. The van der Waals surface area contributed by atoms with E-state index in [0.717, 1.165) is 24.5 Å². The maximum Gasteiger partial charge on any atom is 0.154 e. The second-order valence-corrected chi connectivity index (χ2v) is 7.22. The van der Waals surface area contributed by atoms with Gasteiger partial charge in [-0.15, -0.1) is 0 Å². The Morgan fingerprint density at radius 1 is 1.31 bits per heavy atom. The quantitative estimate of drug-likeness (QED) is 0.778. The Balaban J connectivity index is 1.81. The molecule has 2 N–H and O–H groups in total. The number of aromatic nitrogens is 2. The zero-order valence-corrected chi connectivity index (χ0v) is 16.0. The molecular formula is C20H27ClN4O. The third-order valence-corrected chi connectivity index (χ3v) is 5.23. The van der Waals surface area contributed by atoms with Gasteiger partial charge in [0.2, 0.25) is 0 Å². The van der Waals surface area contributed by atoms with Crippen LogP contribution < -0.4 is 10.2 Å². The molecule has 2 atom stereocenters. The molecule has 0 bridgehead atoms. The van der Waals surface area contributed by atoms with Crippen LogP contribution in [0.4, 0.5) is 5.82 Å². The van der Waals surface area contributed by atoms with Crippen LogP contribution >= 0.6 is 11.6 Å². The van der Waals surface area contributed by atoms with E-state index in [0.29, 0.717) is 17.7 Å². The minimum atomic E-state index is -0.0858. The Labute approximate surface area is 160 Å². The van der Waals surface area contributed by atoms with Crippen LogP contribution in [-0.2, 0) is 6.42 Å². The van der Waals surface area contributed by atoms with E-state index in [4.69, 9.17) is 11.6 Å². The molecule has 140 valence electrons. The van der Waals surface area contributed by atoms with E-state index in [1.165, 1.54) is 24.8 Å². The Hall–Kier alpha value is -1.69. The van der Waals surface area contributed by atoms with Crippen LogP contribution in [0.25, 0.3) is 0 Å². The number of nitrogens with zero attached hydrogens (tertiary/aromatic N) is 3. The molecule has 0 spiro atoms. The van der Waals surface area contributed by atoms with Crippen molar-refractivity contribution in [1.82, 2.24) is 15.3 Å². The van der Waals surface area contributed by atoms with E-state index in [1.54, 1.807) is 0 Å². The average molecular weight is 375 g/mol. The highest BCUT2D eigenvalue weighted by Gasteiger charge is 2.23. The van der Waals surface area contributed by atoms with Crippen LogP contribution in [0.2, 0.25) is 5.15 Å². The van der Waals surface area contributed by atoms with Crippen molar-refractivity contribution in [3.05, 3.63) is 52.9 Å². The summed E-state index contributed by atoms with van der Waals surface area (Å²) >= 11 is 6.53. The number of aliphatic hydroxyl groups is 1. The van der Waals surface area contributed by atoms with Crippen molar-refractivity contribution in [3.8, 4) is 0 Å². The number of halogens is 1. The Morgan fingerprint density at radius 2 is 2.12 bits per heavy atom. The van der Waals surface area contributed by atoms with Crippen molar-refractivity contribution >= 4 is 17.4 Å². The predicted octanol–water partition coefficient (Wildman–Crippen LogP) is 3.37. The molecule has 1 saturated heterocycles. The van der Waals surface area contributed by atoms with Crippen molar-refractivity contribution in [2.75, 3.05) is 24.6 Å². The second kappa shape index (κ2) is 9.31. The number of rotatable bonds is 7. The van der Waals surface area contributed by atoms with Crippen molar-refractivity contribution in [2.24, 2.45) is 0 Å². The highest BCUT2D eigenvalue weighted by atomic mass is 35.5. The van der Waals surface area contributed by atoms with Crippen LogP contribution in [0.15, 0.2) is 36.5 Å². The number of aliphatic hydroxyl groups excluding tert-OH is 1. The Morgan fingerprint density at radius 3 is 2.81 bits per heavy atom. The number of hydrogen-bond acceptors (Lipinski definition) is 5. The van der Waals surface area contributed by atoms with E-state index in [-0.39, 0.29) is 12.6 Å². The summed E-state index contributed by atoms with van der Waals surface area (Å²) in [5, 5.41) is 13.0. The molecule has 1 aliphatic rings.